The van der Waals surface area contributed by atoms with Crippen LogP contribution in [0.2, 0.25) is 0 Å². The van der Waals surface area contributed by atoms with E-state index in [1.54, 1.807) is 0 Å². The molecule has 3 heteroatoms. The molecule has 15 heavy (non-hydrogen) atoms. The lowest BCUT2D eigenvalue weighted by molar-refractivity contribution is 0.135. The van der Waals surface area contributed by atoms with Gasteiger partial charge in [0.05, 0.1) is 12.1 Å². The summed E-state index contributed by atoms with van der Waals surface area (Å²) in [6.07, 6.45) is 2.00. The molecule has 0 aliphatic carbocycles. The Morgan fingerprint density at radius 1 is 1.33 bits per heavy atom. The van der Waals surface area contributed by atoms with E-state index in [1.807, 2.05) is 25.3 Å². The van der Waals surface area contributed by atoms with Crippen molar-refractivity contribution in [2.75, 3.05) is 6.61 Å². The van der Waals surface area contributed by atoms with E-state index in [1.165, 1.54) is 10.9 Å². The molecule has 2 rings (SSSR count). The van der Waals surface area contributed by atoms with Crippen molar-refractivity contribution in [1.82, 2.24) is 4.98 Å². The first kappa shape index (κ1) is 10.2. The Morgan fingerprint density at radius 2 is 2.20 bits per heavy atom. The Bertz CT molecular complexity index is 448. The summed E-state index contributed by atoms with van der Waals surface area (Å²) < 4.78 is 5.41. The minimum Gasteiger partial charge on any atom is -0.377 e. The molecule has 0 spiro atoms. The summed E-state index contributed by atoms with van der Waals surface area (Å²) in [7, 11) is 0. The topological polar surface area (TPSA) is 51.0 Å². The van der Waals surface area contributed by atoms with Gasteiger partial charge in [0.15, 0.2) is 0 Å². The second-order valence-electron chi connectivity index (χ2n) is 3.49. The average Bonchev–Trinajstić information content (AvgIpc) is 2.69. The average molecular weight is 204 g/mol. The highest BCUT2D eigenvalue weighted by molar-refractivity contribution is 5.85. The molecule has 1 aromatic heterocycles. The summed E-state index contributed by atoms with van der Waals surface area (Å²) in [6, 6.07) is 6.18. The fraction of sp³-hybridized carbons (Fsp3) is 0.333. The van der Waals surface area contributed by atoms with Crippen molar-refractivity contribution >= 4 is 10.9 Å². The maximum Gasteiger partial charge on any atom is 0.0737 e. The predicted octanol–water partition coefficient (Wildman–Crippen LogP) is 2.16. The number of ether oxygens (including phenoxy) is 1. The maximum absolute atomic E-state index is 5.67. The van der Waals surface area contributed by atoms with Crippen molar-refractivity contribution in [3.63, 3.8) is 0 Å². The van der Waals surface area contributed by atoms with Crippen LogP contribution in [0.25, 0.3) is 10.9 Å². The lowest BCUT2D eigenvalue weighted by atomic mass is 10.1. The molecule has 0 bridgehead atoms. The van der Waals surface area contributed by atoms with Gasteiger partial charge in [-0.3, -0.25) is 0 Å². The molecule has 0 saturated carbocycles. The van der Waals surface area contributed by atoms with Crippen LogP contribution < -0.4 is 5.73 Å². The number of nitrogens with two attached hydrogens (primary N) is 1. The van der Waals surface area contributed by atoms with E-state index < -0.39 is 0 Å². The third-order valence-electron chi connectivity index (χ3n) is 2.57. The van der Waals surface area contributed by atoms with Gasteiger partial charge in [0.25, 0.3) is 0 Å². The fourth-order valence-electron chi connectivity index (χ4n) is 1.78. The predicted molar refractivity (Wildman–Crippen MR) is 61.5 cm³/mol. The van der Waals surface area contributed by atoms with Crippen LogP contribution in [-0.2, 0) is 17.9 Å². The summed E-state index contributed by atoms with van der Waals surface area (Å²) in [5, 5.41) is 1.21. The Kier molecular flexibility index (Phi) is 3.04. The standard InChI is InChI=1S/C12H16N2O/c1-2-15-8-10-7-14-12-9(6-13)4-3-5-11(10)12/h3-5,7,14H,2,6,8,13H2,1H3. The third-order valence-corrected chi connectivity index (χ3v) is 2.57. The quantitative estimate of drug-likeness (QED) is 0.801. The molecule has 0 amide bonds. The lowest BCUT2D eigenvalue weighted by Crippen LogP contribution is -1.96. The Labute approximate surface area is 89.2 Å². The van der Waals surface area contributed by atoms with Gasteiger partial charge < -0.3 is 15.5 Å². The van der Waals surface area contributed by atoms with Gasteiger partial charge in [0, 0.05) is 30.3 Å². The van der Waals surface area contributed by atoms with E-state index in [2.05, 4.69) is 11.1 Å². The Balaban J connectivity index is 2.42. The third kappa shape index (κ3) is 1.89. The van der Waals surface area contributed by atoms with Crippen LogP contribution in [0.15, 0.2) is 24.4 Å². The SMILES string of the molecule is CCOCc1c[nH]c2c(CN)cccc12. The molecule has 0 fully saturated rings. The van der Waals surface area contributed by atoms with E-state index in [-0.39, 0.29) is 0 Å². The summed E-state index contributed by atoms with van der Waals surface area (Å²) in [4.78, 5) is 3.26. The highest BCUT2D eigenvalue weighted by Gasteiger charge is 2.05. The Morgan fingerprint density at radius 3 is 2.93 bits per heavy atom. The fourth-order valence-corrected chi connectivity index (χ4v) is 1.78. The van der Waals surface area contributed by atoms with E-state index in [4.69, 9.17) is 10.5 Å². The van der Waals surface area contributed by atoms with Crippen LogP contribution in [0.4, 0.5) is 0 Å². The highest BCUT2D eigenvalue weighted by Crippen LogP contribution is 2.21. The first-order chi connectivity index (χ1) is 7.36. The van der Waals surface area contributed by atoms with Gasteiger partial charge in [0.2, 0.25) is 0 Å². The van der Waals surface area contributed by atoms with E-state index in [9.17, 15) is 0 Å². The number of hydrogen-bond donors (Lipinski definition) is 2. The smallest absolute Gasteiger partial charge is 0.0737 e. The molecule has 1 aromatic carbocycles. The number of benzene rings is 1. The van der Waals surface area contributed by atoms with Gasteiger partial charge >= 0.3 is 0 Å². The van der Waals surface area contributed by atoms with Crippen LogP contribution in [-0.4, -0.2) is 11.6 Å². The normalized spacial score (nSPS) is 11.1. The largest absolute Gasteiger partial charge is 0.377 e. The summed E-state index contributed by atoms with van der Waals surface area (Å²) >= 11 is 0. The van der Waals surface area contributed by atoms with E-state index in [0.717, 1.165) is 17.7 Å². The minimum atomic E-state index is 0.561. The molecule has 3 nitrogen and oxygen atoms in total. The molecule has 80 valence electrons. The maximum atomic E-state index is 5.67. The van der Waals surface area contributed by atoms with Gasteiger partial charge in [-0.05, 0) is 12.5 Å². The van der Waals surface area contributed by atoms with Gasteiger partial charge in [-0.15, -0.1) is 0 Å². The Hall–Kier alpha value is -1.32. The lowest BCUT2D eigenvalue weighted by Gasteiger charge is -2.01. The molecule has 2 aromatic rings. The highest BCUT2D eigenvalue weighted by atomic mass is 16.5. The number of nitrogens with one attached hydrogen (secondary N) is 1. The summed E-state index contributed by atoms with van der Waals surface area (Å²) in [5.41, 5.74) is 9.15. The zero-order valence-corrected chi connectivity index (χ0v) is 8.92. The molecular formula is C12H16N2O. The number of rotatable bonds is 4. The summed E-state index contributed by atoms with van der Waals surface area (Å²) in [5.74, 6) is 0. The minimum absolute atomic E-state index is 0.561. The van der Waals surface area contributed by atoms with Crippen molar-refractivity contribution in [1.29, 1.82) is 0 Å². The van der Waals surface area contributed by atoms with Gasteiger partial charge in [-0.2, -0.15) is 0 Å². The first-order valence-electron chi connectivity index (χ1n) is 5.22. The van der Waals surface area contributed by atoms with Crippen molar-refractivity contribution in [3.8, 4) is 0 Å². The molecule has 1 heterocycles. The molecular weight excluding hydrogens is 188 g/mol. The molecule has 0 saturated heterocycles. The van der Waals surface area contributed by atoms with Gasteiger partial charge in [0.1, 0.15) is 0 Å². The number of H-pyrrole nitrogens is 1. The molecule has 3 N–H and O–H groups in total. The van der Waals surface area contributed by atoms with Crippen LogP contribution in [0.1, 0.15) is 18.1 Å². The summed E-state index contributed by atoms with van der Waals surface area (Å²) in [6.45, 7) is 3.96. The van der Waals surface area contributed by atoms with Gasteiger partial charge in [-0.1, -0.05) is 18.2 Å². The van der Waals surface area contributed by atoms with Crippen molar-refractivity contribution in [3.05, 3.63) is 35.5 Å². The van der Waals surface area contributed by atoms with Crippen LogP contribution in [0.5, 0.6) is 0 Å². The van der Waals surface area contributed by atoms with E-state index >= 15 is 0 Å². The van der Waals surface area contributed by atoms with Crippen LogP contribution in [0.3, 0.4) is 0 Å². The second kappa shape index (κ2) is 4.47. The zero-order valence-electron chi connectivity index (χ0n) is 8.92. The number of aromatic nitrogens is 1. The second-order valence-corrected chi connectivity index (χ2v) is 3.49. The van der Waals surface area contributed by atoms with Crippen LogP contribution in [0, 0.1) is 0 Å². The molecule has 0 atom stereocenters. The number of fused-ring (bicyclic) bond motifs is 1. The van der Waals surface area contributed by atoms with Crippen molar-refractivity contribution in [2.45, 2.75) is 20.1 Å². The van der Waals surface area contributed by atoms with E-state index in [0.29, 0.717) is 13.2 Å². The van der Waals surface area contributed by atoms with Gasteiger partial charge in [-0.25, -0.2) is 0 Å². The molecule has 0 aliphatic rings. The van der Waals surface area contributed by atoms with Crippen molar-refractivity contribution in [2.24, 2.45) is 5.73 Å². The number of aromatic amines is 1. The zero-order chi connectivity index (χ0) is 10.7. The molecule has 0 radical (unpaired) electrons. The first-order valence-corrected chi connectivity index (χ1v) is 5.22. The number of para-hydroxylation sites is 1. The van der Waals surface area contributed by atoms with Crippen molar-refractivity contribution < 1.29 is 4.74 Å². The van der Waals surface area contributed by atoms with Crippen LogP contribution >= 0.6 is 0 Å². The monoisotopic (exact) mass is 204 g/mol. The number of hydrogen-bond acceptors (Lipinski definition) is 2. The molecule has 0 aliphatic heterocycles. The molecule has 0 unspecified atom stereocenters.